The predicted molar refractivity (Wildman–Crippen MR) is 101 cm³/mol. The molecule has 5 heteroatoms. The zero-order valence-corrected chi connectivity index (χ0v) is 15.2. The van der Waals surface area contributed by atoms with Gasteiger partial charge in [0.2, 0.25) is 0 Å². The number of likely N-dealkylation sites (N-methyl/N-ethyl adjacent to an activating group) is 1. The Kier molecular flexibility index (Phi) is 3.96. The predicted octanol–water partition coefficient (Wildman–Crippen LogP) is 4.00. The van der Waals surface area contributed by atoms with E-state index in [1.54, 1.807) is 18.2 Å². The fourth-order valence-corrected chi connectivity index (χ4v) is 4.49. The number of carbonyl (C=O) groups is 2. The van der Waals surface area contributed by atoms with Crippen LogP contribution in [0.15, 0.2) is 81.2 Å². The first-order valence-electron chi connectivity index (χ1n) is 8.25. The van der Waals surface area contributed by atoms with E-state index < -0.39 is 5.54 Å². The van der Waals surface area contributed by atoms with Crippen LogP contribution in [0.25, 0.3) is 5.57 Å². The third-order valence-corrected chi connectivity index (χ3v) is 6.00. The van der Waals surface area contributed by atoms with Gasteiger partial charge in [-0.2, -0.15) is 0 Å². The monoisotopic (exact) mass is 363 g/mol. The maximum atomic E-state index is 13.1. The van der Waals surface area contributed by atoms with Crippen molar-refractivity contribution in [2.45, 2.75) is 17.4 Å². The van der Waals surface area contributed by atoms with Crippen molar-refractivity contribution in [3.05, 3.63) is 83.2 Å². The molecule has 2 aliphatic rings. The molecule has 4 nitrogen and oxygen atoms in total. The van der Waals surface area contributed by atoms with Crippen LogP contribution >= 0.6 is 11.8 Å². The first kappa shape index (κ1) is 16.7. The molecule has 1 amide bonds. The maximum absolute atomic E-state index is 13.1. The first-order chi connectivity index (χ1) is 12.5. The number of hydrogen-bond acceptors (Lipinski definition) is 4. The second-order valence-corrected chi connectivity index (χ2v) is 7.32. The van der Waals surface area contributed by atoms with Gasteiger partial charge in [-0.1, -0.05) is 42.1 Å². The van der Waals surface area contributed by atoms with E-state index in [0.717, 1.165) is 21.8 Å². The Labute approximate surface area is 155 Å². The van der Waals surface area contributed by atoms with Crippen LogP contribution in [-0.4, -0.2) is 29.2 Å². The average Bonchev–Trinajstić information content (AvgIpc) is 3.14. The van der Waals surface area contributed by atoms with Crippen molar-refractivity contribution in [1.82, 2.24) is 4.90 Å². The first-order valence-corrected chi connectivity index (χ1v) is 9.07. The zero-order chi connectivity index (χ0) is 18.3. The summed E-state index contributed by atoms with van der Waals surface area (Å²) in [6.45, 7) is 1.88. The molecule has 0 saturated heterocycles. The molecule has 1 aliphatic heterocycles. The lowest BCUT2D eigenvalue weighted by Crippen LogP contribution is -2.43. The van der Waals surface area contributed by atoms with Crippen LogP contribution < -0.4 is 0 Å². The van der Waals surface area contributed by atoms with Gasteiger partial charge < -0.3 is 9.32 Å². The van der Waals surface area contributed by atoms with E-state index in [4.69, 9.17) is 4.42 Å². The number of benzene rings is 1. The highest BCUT2D eigenvalue weighted by atomic mass is 32.2. The third-order valence-electron chi connectivity index (χ3n) is 4.77. The average molecular weight is 363 g/mol. The molecule has 2 heterocycles. The second kappa shape index (κ2) is 6.18. The van der Waals surface area contributed by atoms with Crippen LogP contribution in [0.5, 0.6) is 0 Å². The van der Waals surface area contributed by atoms with Gasteiger partial charge in [0.15, 0.2) is 5.78 Å². The molecule has 1 spiro atoms. The molecule has 0 fully saturated rings. The molecule has 0 unspecified atom stereocenters. The van der Waals surface area contributed by atoms with Crippen molar-refractivity contribution in [2.75, 3.05) is 7.05 Å². The minimum atomic E-state index is -0.758. The van der Waals surface area contributed by atoms with Crippen molar-refractivity contribution in [3.63, 3.8) is 0 Å². The molecular formula is C21H17NO3S. The van der Waals surface area contributed by atoms with Gasteiger partial charge in [-0.15, -0.1) is 0 Å². The van der Waals surface area contributed by atoms with Gasteiger partial charge >= 0.3 is 0 Å². The van der Waals surface area contributed by atoms with Gasteiger partial charge in [-0.3, -0.25) is 9.59 Å². The van der Waals surface area contributed by atoms with E-state index in [9.17, 15) is 9.59 Å². The largest absolute Gasteiger partial charge is 0.468 e. The van der Waals surface area contributed by atoms with Gasteiger partial charge in [-0.25, -0.2) is 0 Å². The molecule has 0 atom stereocenters. The van der Waals surface area contributed by atoms with Gasteiger partial charge in [0.05, 0.1) is 16.1 Å². The van der Waals surface area contributed by atoms with Crippen LogP contribution in [0, 0.1) is 6.92 Å². The number of furan rings is 1. The summed E-state index contributed by atoms with van der Waals surface area (Å²) in [6.07, 6.45) is 8.31. The Morgan fingerprint density at radius 1 is 1.04 bits per heavy atom. The van der Waals surface area contributed by atoms with Crippen molar-refractivity contribution < 1.29 is 14.0 Å². The lowest BCUT2D eigenvalue weighted by atomic mass is 9.83. The van der Waals surface area contributed by atoms with E-state index in [-0.39, 0.29) is 11.7 Å². The molecular weight excluding hydrogens is 346 g/mol. The Morgan fingerprint density at radius 3 is 2.35 bits per heavy atom. The minimum Gasteiger partial charge on any atom is -0.468 e. The van der Waals surface area contributed by atoms with Crippen LogP contribution in [0.1, 0.15) is 11.3 Å². The fourth-order valence-electron chi connectivity index (χ4n) is 3.35. The molecule has 1 aromatic carbocycles. The third kappa shape index (κ3) is 2.47. The summed E-state index contributed by atoms with van der Waals surface area (Å²) in [6, 6.07) is 11.7. The summed E-state index contributed by atoms with van der Waals surface area (Å²) < 4.78 is 5.39. The maximum Gasteiger partial charge on any atom is 0.262 e. The number of allylic oxidation sites excluding steroid dienone is 2. The van der Waals surface area contributed by atoms with E-state index >= 15 is 0 Å². The highest BCUT2D eigenvalue weighted by Gasteiger charge is 2.48. The molecule has 0 saturated carbocycles. The number of ketones is 1. The quantitative estimate of drug-likeness (QED) is 0.827. The number of amides is 1. The Hall–Kier alpha value is -2.79. The minimum absolute atomic E-state index is 0.0712. The topological polar surface area (TPSA) is 50.5 Å². The van der Waals surface area contributed by atoms with Crippen LogP contribution in [-0.2, 0) is 9.59 Å². The smallest absolute Gasteiger partial charge is 0.262 e. The number of aryl methyl sites for hydroxylation is 1. The summed E-state index contributed by atoms with van der Waals surface area (Å²) in [7, 11) is 1.77. The summed E-state index contributed by atoms with van der Waals surface area (Å²) in [5, 5.41) is 0. The van der Waals surface area contributed by atoms with Gasteiger partial charge in [0.1, 0.15) is 11.3 Å². The fraction of sp³-hybridized carbons (Fsp3) is 0.143. The normalized spacial score (nSPS) is 18.5. The summed E-state index contributed by atoms with van der Waals surface area (Å²) in [4.78, 5) is 28.1. The van der Waals surface area contributed by atoms with Crippen molar-refractivity contribution in [3.8, 4) is 0 Å². The number of nitrogens with zero attached hydrogens (tertiary/aromatic N) is 1. The molecule has 0 bridgehead atoms. The molecule has 130 valence electrons. The Morgan fingerprint density at radius 2 is 1.73 bits per heavy atom. The molecule has 2 aromatic rings. The SMILES string of the molecule is Cc1occc1SC1=C(c2ccccc2)C2(C=CC(=O)C=C2)N(C)C1=O. The van der Waals surface area contributed by atoms with Crippen molar-refractivity contribution in [1.29, 1.82) is 0 Å². The van der Waals surface area contributed by atoms with Crippen LogP contribution in [0.2, 0.25) is 0 Å². The van der Waals surface area contributed by atoms with Crippen molar-refractivity contribution in [2.24, 2.45) is 0 Å². The van der Waals surface area contributed by atoms with Crippen molar-refractivity contribution >= 4 is 29.0 Å². The molecule has 0 radical (unpaired) electrons. The lowest BCUT2D eigenvalue weighted by molar-refractivity contribution is -0.125. The molecule has 4 rings (SSSR count). The van der Waals surface area contributed by atoms with E-state index in [1.165, 1.54) is 23.9 Å². The van der Waals surface area contributed by atoms with E-state index in [0.29, 0.717) is 4.91 Å². The van der Waals surface area contributed by atoms with Crippen LogP contribution in [0.4, 0.5) is 0 Å². The Bertz CT molecular complexity index is 966. The van der Waals surface area contributed by atoms with Gasteiger partial charge in [0.25, 0.3) is 5.91 Å². The second-order valence-electron chi connectivity index (χ2n) is 6.27. The number of rotatable bonds is 3. The van der Waals surface area contributed by atoms with Gasteiger partial charge in [-0.05, 0) is 42.9 Å². The molecule has 1 aromatic heterocycles. The molecule has 1 aliphatic carbocycles. The standard InChI is InChI=1S/C21H17NO3S/c1-14-17(10-13-25-14)26-19-18(15-6-4-3-5-7-15)21(22(2)20(19)24)11-8-16(23)9-12-21/h3-13H,1-2H3. The van der Waals surface area contributed by atoms with E-state index in [1.807, 2.05) is 55.5 Å². The summed E-state index contributed by atoms with van der Waals surface area (Å²) >= 11 is 1.41. The van der Waals surface area contributed by atoms with Gasteiger partial charge in [0, 0.05) is 12.6 Å². The summed E-state index contributed by atoms with van der Waals surface area (Å²) in [5.41, 5.74) is 1.08. The van der Waals surface area contributed by atoms with Crippen LogP contribution in [0.3, 0.4) is 0 Å². The highest BCUT2D eigenvalue weighted by Crippen LogP contribution is 2.49. The summed E-state index contributed by atoms with van der Waals surface area (Å²) in [5.74, 6) is 0.630. The number of carbonyl (C=O) groups excluding carboxylic acids is 2. The Balaban J connectivity index is 1.94. The molecule has 0 N–H and O–H groups in total. The number of thioether (sulfide) groups is 1. The highest BCUT2D eigenvalue weighted by molar-refractivity contribution is 8.04. The van der Waals surface area contributed by atoms with E-state index in [2.05, 4.69) is 0 Å². The molecule has 26 heavy (non-hydrogen) atoms. The number of hydrogen-bond donors (Lipinski definition) is 0. The lowest BCUT2D eigenvalue weighted by Gasteiger charge is -2.34. The zero-order valence-electron chi connectivity index (χ0n) is 14.4.